The monoisotopic (exact) mass is 401 g/mol. The topological polar surface area (TPSA) is 65.4 Å². The Hall–Kier alpha value is -2.67. The number of ether oxygens (including phenoxy) is 1. The number of fused-ring (bicyclic) bond motifs is 1. The van der Waals surface area contributed by atoms with Crippen molar-refractivity contribution in [1.82, 2.24) is 3.97 Å². The van der Waals surface area contributed by atoms with Crippen molar-refractivity contribution in [1.29, 1.82) is 0 Å². The maximum absolute atomic E-state index is 13.9. The summed E-state index contributed by atoms with van der Waals surface area (Å²) in [5.74, 6) is -1.21. The van der Waals surface area contributed by atoms with Crippen LogP contribution in [0.4, 0.5) is 4.39 Å². The van der Waals surface area contributed by atoms with Crippen LogP contribution in [0.3, 0.4) is 0 Å². The number of esters is 1. The molecule has 2 aromatic carbocycles. The summed E-state index contributed by atoms with van der Waals surface area (Å²) in [5, 5.41) is 0.633. The van der Waals surface area contributed by atoms with Gasteiger partial charge in [0, 0.05) is 17.5 Å². The molecule has 1 saturated carbocycles. The lowest BCUT2D eigenvalue weighted by Crippen LogP contribution is -2.12. The smallest absolute Gasteiger partial charge is 0.309 e. The number of hydrogen-bond donors (Lipinski definition) is 0. The van der Waals surface area contributed by atoms with Gasteiger partial charge in [0.15, 0.2) is 0 Å². The maximum Gasteiger partial charge on any atom is 0.309 e. The number of nitrogens with zero attached hydrogens (tertiary/aromatic N) is 1. The third-order valence-corrected chi connectivity index (χ3v) is 6.81. The van der Waals surface area contributed by atoms with Crippen LogP contribution in [-0.2, 0) is 19.6 Å². The van der Waals surface area contributed by atoms with Gasteiger partial charge in [-0.1, -0.05) is 17.7 Å². The van der Waals surface area contributed by atoms with E-state index in [9.17, 15) is 17.6 Å². The average Bonchev–Trinajstić information content (AvgIpc) is 3.36. The van der Waals surface area contributed by atoms with E-state index >= 15 is 0 Å². The zero-order valence-corrected chi connectivity index (χ0v) is 16.4. The van der Waals surface area contributed by atoms with Crippen molar-refractivity contribution in [3.8, 4) is 0 Å². The van der Waals surface area contributed by atoms with Gasteiger partial charge in [0.25, 0.3) is 10.0 Å². The molecule has 0 N–H and O–H groups in total. The lowest BCUT2D eigenvalue weighted by Gasteiger charge is -2.08. The van der Waals surface area contributed by atoms with Crippen LogP contribution >= 0.6 is 0 Å². The second-order valence-electron chi connectivity index (χ2n) is 7.06. The van der Waals surface area contributed by atoms with Gasteiger partial charge in [-0.3, -0.25) is 4.79 Å². The Balaban J connectivity index is 1.83. The van der Waals surface area contributed by atoms with E-state index in [2.05, 4.69) is 0 Å². The standard InChI is InChI=1S/C21H20FNO4S/c1-3-27-21(24)18-11-17(18)19-12-23(20-10-14(22)6-9-16(19)20)28(25,26)15-7-4-13(2)5-8-15/h4-10,12,17-18H,3,11H2,1-2H3. The summed E-state index contributed by atoms with van der Waals surface area (Å²) >= 11 is 0. The average molecular weight is 401 g/mol. The summed E-state index contributed by atoms with van der Waals surface area (Å²) in [6.07, 6.45) is 2.11. The quantitative estimate of drug-likeness (QED) is 0.607. The lowest BCUT2D eigenvalue weighted by molar-refractivity contribution is -0.144. The highest BCUT2D eigenvalue weighted by molar-refractivity contribution is 7.90. The van der Waals surface area contributed by atoms with Gasteiger partial charge in [-0.25, -0.2) is 16.8 Å². The maximum atomic E-state index is 13.9. The highest BCUT2D eigenvalue weighted by atomic mass is 32.2. The number of halogens is 1. The Morgan fingerprint density at radius 1 is 1.21 bits per heavy atom. The van der Waals surface area contributed by atoms with Crippen molar-refractivity contribution in [3.05, 3.63) is 65.6 Å². The number of aromatic nitrogens is 1. The predicted octanol–water partition coefficient (Wildman–Crippen LogP) is 3.99. The molecule has 3 aromatic rings. The zero-order chi connectivity index (χ0) is 20.1. The molecule has 146 valence electrons. The van der Waals surface area contributed by atoms with Crippen LogP contribution in [-0.4, -0.2) is 25.0 Å². The minimum atomic E-state index is -3.90. The van der Waals surface area contributed by atoms with Gasteiger partial charge in [0.05, 0.1) is 22.9 Å². The molecule has 0 aliphatic heterocycles. The van der Waals surface area contributed by atoms with Crippen LogP contribution in [0.15, 0.2) is 53.6 Å². The number of carbonyl (C=O) groups is 1. The number of hydrogen-bond acceptors (Lipinski definition) is 4. The highest BCUT2D eigenvalue weighted by Gasteiger charge is 2.46. The van der Waals surface area contributed by atoms with E-state index in [-0.39, 0.29) is 28.2 Å². The van der Waals surface area contributed by atoms with E-state index in [0.717, 1.165) is 15.1 Å². The fourth-order valence-electron chi connectivity index (χ4n) is 3.56. The number of carbonyl (C=O) groups excluding carboxylic acids is 1. The van der Waals surface area contributed by atoms with Gasteiger partial charge in [-0.15, -0.1) is 0 Å². The molecule has 0 spiro atoms. The molecule has 2 unspecified atom stereocenters. The van der Waals surface area contributed by atoms with E-state index < -0.39 is 15.8 Å². The first-order chi connectivity index (χ1) is 13.3. The Morgan fingerprint density at radius 3 is 2.61 bits per heavy atom. The molecule has 5 nitrogen and oxygen atoms in total. The van der Waals surface area contributed by atoms with Crippen LogP contribution in [0.25, 0.3) is 10.9 Å². The van der Waals surface area contributed by atoms with Crippen molar-refractivity contribution in [2.75, 3.05) is 6.61 Å². The summed E-state index contributed by atoms with van der Waals surface area (Å²) in [4.78, 5) is 12.2. The van der Waals surface area contributed by atoms with Crippen LogP contribution in [0.2, 0.25) is 0 Å². The Morgan fingerprint density at radius 2 is 1.93 bits per heavy atom. The third kappa shape index (κ3) is 3.09. The molecule has 1 heterocycles. The molecular formula is C21H20FNO4S. The normalized spacial score (nSPS) is 19.0. The van der Waals surface area contributed by atoms with E-state index in [1.54, 1.807) is 25.1 Å². The summed E-state index contributed by atoms with van der Waals surface area (Å²) in [5.41, 5.74) is 1.94. The molecule has 1 aliphatic rings. The molecule has 4 rings (SSSR count). The largest absolute Gasteiger partial charge is 0.466 e. The highest BCUT2D eigenvalue weighted by Crippen LogP contribution is 2.51. The molecule has 1 aromatic heterocycles. The van der Waals surface area contributed by atoms with Crippen molar-refractivity contribution in [3.63, 3.8) is 0 Å². The lowest BCUT2D eigenvalue weighted by atomic mass is 10.1. The summed E-state index contributed by atoms with van der Waals surface area (Å²) in [7, 11) is -3.90. The van der Waals surface area contributed by atoms with Crippen molar-refractivity contribution < 1.29 is 22.3 Å². The molecule has 1 aliphatic carbocycles. The van der Waals surface area contributed by atoms with E-state index in [1.807, 2.05) is 6.92 Å². The van der Waals surface area contributed by atoms with Gasteiger partial charge in [0.1, 0.15) is 5.82 Å². The fraction of sp³-hybridized carbons (Fsp3) is 0.286. The predicted molar refractivity (Wildman–Crippen MR) is 103 cm³/mol. The Labute approximate surface area is 162 Å². The number of aryl methyl sites for hydroxylation is 1. The fourth-order valence-corrected chi connectivity index (χ4v) is 4.93. The third-order valence-electron chi connectivity index (χ3n) is 5.12. The SMILES string of the molecule is CCOC(=O)C1CC1c1cn(S(=O)(=O)c2ccc(C)cc2)c2cc(F)ccc12. The van der Waals surface area contributed by atoms with Crippen molar-refractivity contribution in [2.24, 2.45) is 5.92 Å². The first-order valence-electron chi connectivity index (χ1n) is 9.12. The molecule has 0 radical (unpaired) electrons. The number of benzene rings is 2. The molecule has 0 saturated heterocycles. The van der Waals surface area contributed by atoms with E-state index in [1.165, 1.54) is 30.5 Å². The first kappa shape index (κ1) is 18.7. The van der Waals surface area contributed by atoms with Crippen LogP contribution in [0.1, 0.15) is 30.4 Å². The van der Waals surface area contributed by atoms with Gasteiger partial charge < -0.3 is 4.74 Å². The van der Waals surface area contributed by atoms with Crippen molar-refractivity contribution >= 4 is 26.9 Å². The van der Waals surface area contributed by atoms with E-state index in [0.29, 0.717) is 18.4 Å². The van der Waals surface area contributed by atoms with Gasteiger partial charge in [0.2, 0.25) is 0 Å². The molecule has 2 atom stereocenters. The van der Waals surface area contributed by atoms with Gasteiger partial charge in [-0.2, -0.15) is 0 Å². The Kier molecular flexibility index (Phi) is 4.50. The second-order valence-corrected chi connectivity index (χ2v) is 8.88. The van der Waals surface area contributed by atoms with Gasteiger partial charge >= 0.3 is 5.97 Å². The summed E-state index contributed by atoms with van der Waals surface area (Å²) in [6.45, 7) is 3.92. The first-order valence-corrected chi connectivity index (χ1v) is 10.6. The summed E-state index contributed by atoms with van der Waals surface area (Å²) < 4.78 is 46.5. The zero-order valence-electron chi connectivity index (χ0n) is 15.6. The second kappa shape index (κ2) is 6.74. The minimum absolute atomic E-state index is 0.124. The molecular weight excluding hydrogens is 381 g/mol. The number of rotatable bonds is 5. The van der Waals surface area contributed by atoms with Crippen LogP contribution < -0.4 is 0 Å². The molecule has 28 heavy (non-hydrogen) atoms. The van der Waals surface area contributed by atoms with Crippen LogP contribution in [0, 0.1) is 18.7 Å². The summed E-state index contributed by atoms with van der Waals surface area (Å²) in [6, 6.07) is 10.6. The molecule has 7 heteroatoms. The minimum Gasteiger partial charge on any atom is -0.466 e. The molecule has 0 amide bonds. The van der Waals surface area contributed by atoms with Crippen LogP contribution in [0.5, 0.6) is 0 Å². The molecule has 1 fully saturated rings. The Bertz CT molecular complexity index is 1170. The van der Waals surface area contributed by atoms with Gasteiger partial charge in [-0.05, 0) is 56.2 Å². The van der Waals surface area contributed by atoms with Crippen molar-refractivity contribution in [2.45, 2.75) is 31.1 Å². The van der Waals surface area contributed by atoms with E-state index in [4.69, 9.17) is 4.74 Å². The molecule has 0 bridgehead atoms.